The van der Waals surface area contributed by atoms with E-state index < -0.39 is 0 Å². The molecule has 0 amide bonds. The average molecular weight is 284 g/mol. The van der Waals surface area contributed by atoms with Crippen LogP contribution in [0.1, 0.15) is 25.8 Å². The molecule has 2 rings (SSSR count). The third-order valence-electron chi connectivity index (χ3n) is 3.43. The van der Waals surface area contributed by atoms with Crippen LogP contribution < -0.4 is 10.2 Å². The molecule has 0 saturated carbocycles. The molecule has 1 aliphatic rings. The number of ether oxygens (including phenoxy) is 1. The van der Waals surface area contributed by atoms with Crippen molar-refractivity contribution in [3.63, 3.8) is 0 Å². The summed E-state index contributed by atoms with van der Waals surface area (Å²) in [5.74, 6) is 0.886. The summed E-state index contributed by atoms with van der Waals surface area (Å²) in [4.78, 5) is 6.82. The smallest absolute Gasteiger partial charge is 0.147 e. The van der Waals surface area contributed by atoms with Crippen molar-refractivity contribution in [2.75, 3.05) is 31.2 Å². The quantitative estimate of drug-likeness (QED) is 0.901. The van der Waals surface area contributed by atoms with Gasteiger partial charge in [0.1, 0.15) is 5.82 Å². The van der Waals surface area contributed by atoms with E-state index in [4.69, 9.17) is 16.3 Å². The number of aromatic nitrogens is 1. The maximum Gasteiger partial charge on any atom is 0.147 e. The second-order valence-corrected chi connectivity index (χ2v) is 5.17. The minimum atomic E-state index is 0.373. The number of hydrogen-bond donors (Lipinski definition) is 1. The lowest BCUT2D eigenvalue weighted by molar-refractivity contribution is 0.0926. The summed E-state index contributed by atoms with van der Waals surface area (Å²) < 4.78 is 5.52. The minimum Gasteiger partial charge on any atom is -0.377 e. The fourth-order valence-corrected chi connectivity index (χ4v) is 2.62. The number of morpholine rings is 1. The summed E-state index contributed by atoms with van der Waals surface area (Å²) >= 11 is 6.39. The first-order valence-corrected chi connectivity index (χ1v) is 7.33. The van der Waals surface area contributed by atoms with Crippen molar-refractivity contribution in [3.8, 4) is 0 Å². The first-order valence-electron chi connectivity index (χ1n) is 6.95. The summed E-state index contributed by atoms with van der Waals surface area (Å²) in [5.41, 5.74) is 1.12. The lowest BCUT2D eigenvalue weighted by atomic mass is 10.1. The van der Waals surface area contributed by atoms with E-state index in [1.54, 1.807) is 0 Å². The Kier molecular flexibility index (Phi) is 5.43. The maximum absolute atomic E-state index is 6.39. The van der Waals surface area contributed by atoms with Crippen LogP contribution in [0.3, 0.4) is 0 Å². The molecule has 1 unspecified atom stereocenters. The monoisotopic (exact) mass is 283 g/mol. The predicted octanol–water partition coefficient (Wildman–Crippen LogP) is 2.46. The van der Waals surface area contributed by atoms with Crippen molar-refractivity contribution in [3.05, 3.63) is 22.8 Å². The maximum atomic E-state index is 6.39. The van der Waals surface area contributed by atoms with Crippen LogP contribution in [0, 0.1) is 0 Å². The molecule has 0 aliphatic carbocycles. The van der Waals surface area contributed by atoms with Crippen LogP contribution in [0.2, 0.25) is 5.02 Å². The molecule has 0 spiro atoms. The van der Waals surface area contributed by atoms with Crippen molar-refractivity contribution < 1.29 is 4.74 Å². The highest BCUT2D eigenvalue weighted by Crippen LogP contribution is 2.27. The molecule has 4 nitrogen and oxygen atoms in total. The predicted molar refractivity (Wildman–Crippen MR) is 78.9 cm³/mol. The van der Waals surface area contributed by atoms with Gasteiger partial charge in [0.25, 0.3) is 0 Å². The van der Waals surface area contributed by atoms with Gasteiger partial charge in [0.15, 0.2) is 0 Å². The van der Waals surface area contributed by atoms with Crippen molar-refractivity contribution in [1.29, 1.82) is 0 Å². The molecule has 1 aromatic heterocycles. The molecule has 1 aromatic rings. The lowest BCUT2D eigenvalue weighted by Crippen LogP contribution is -2.45. The highest BCUT2D eigenvalue weighted by atomic mass is 35.5. The Bertz CT molecular complexity index is 414. The van der Waals surface area contributed by atoms with Crippen LogP contribution in [0.25, 0.3) is 0 Å². The number of nitrogens with zero attached hydrogens (tertiary/aromatic N) is 2. The van der Waals surface area contributed by atoms with E-state index in [0.717, 1.165) is 55.7 Å². The van der Waals surface area contributed by atoms with E-state index in [9.17, 15) is 0 Å². The zero-order valence-electron chi connectivity index (χ0n) is 11.7. The van der Waals surface area contributed by atoms with E-state index in [1.807, 2.05) is 12.3 Å². The highest BCUT2D eigenvalue weighted by Gasteiger charge is 2.24. The van der Waals surface area contributed by atoms with Crippen LogP contribution in [-0.4, -0.2) is 37.3 Å². The van der Waals surface area contributed by atoms with Gasteiger partial charge in [-0.15, -0.1) is 0 Å². The third kappa shape index (κ3) is 3.59. The number of nitrogens with one attached hydrogen (secondary N) is 1. The standard InChI is InChI=1S/C14H22ClN3O/c1-3-12-10-19-6-5-18(12)14-13(15)7-11(9-17-14)8-16-4-2/h7,9,12,16H,3-6,8,10H2,1-2H3. The van der Waals surface area contributed by atoms with Crippen LogP contribution in [0.4, 0.5) is 5.82 Å². The average Bonchev–Trinajstić information content (AvgIpc) is 2.45. The van der Waals surface area contributed by atoms with Gasteiger partial charge in [0.2, 0.25) is 0 Å². The summed E-state index contributed by atoms with van der Waals surface area (Å²) in [7, 11) is 0. The zero-order valence-corrected chi connectivity index (χ0v) is 12.4. The molecule has 1 saturated heterocycles. The Morgan fingerprint density at radius 3 is 3.05 bits per heavy atom. The minimum absolute atomic E-state index is 0.373. The van der Waals surface area contributed by atoms with E-state index in [0.29, 0.717) is 6.04 Å². The van der Waals surface area contributed by atoms with Crippen molar-refractivity contribution >= 4 is 17.4 Å². The number of hydrogen-bond acceptors (Lipinski definition) is 4. The molecule has 106 valence electrons. The molecular weight excluding hydrogens is 262 g/mol. The molecule has 0 aromatic carbocycles. The molecule has 1 fully saturated rings. The molecule has 0 radical (unpaired) electrons. The molecule has 0 bridgehead atoms. The SMILES string of the molecule is CCNCc1cnc(N2CCOCC2CC)c(Cl)c1. The Hall–Kier alpha value is -0.840. The number of rotatable bonds is 5. The first-order chi connectivity index (χ1) is 9.26. The Balaban J connectivity index is 2.14. The van der Waals surface area contributed by atoms with Gasteiger partial charge in [-0.2, -0.15) is 0 Å². The molecule has 2 heterocycles. The summed E-state index contributed by atoms with van der Waals surface area (Å²) in [6.45, 7) is 8.37. The van der Waals surface area contributed by atoms with Crippen molar-refractivity contribution in [2.24, 2.45) is 0 Å². The highest BCUT2D eigenvalue weighted by molar-refractivity contribution is 6.33. The van der Waals surface area contributed by atoms with Gasteiger partial charge in [-0.25, -0.2) is 4.98 Å². The Morgan fingerprint density at radius 2 is 2.37 bits per heavy atom. The number of pyridine rings is 1. The van der Waals surface area contributed by atoms with Gasteiger partial charge in [-0.3, -0.25) is 0 Å². The largest absolute Gasteiger partial charge is 0.377 e. The normalized spacial score (nSPS) is 19.7. The van der Waals surface area contributed by atoms with Crippen molar-refractivity contribution in [2.45, 2.75) is 32.9 Å². The Labute approximate surface area is 120 Å². The summed E-state index contributed by atoms with van der Waals surface area (Å²) in [5, 5.41) is 4.01. The van der Waals surface area contributed by atoms with Crippen LogP contribution in [-0.2, 0) is 11.3 Å². The topological polar surface area (TPSA) is 37.4 Å². The van der Waals surface area contributed by atoms with Gasteiger partial charge < -0.3 is 15.0 Å². The van der Waals surface area contributed by atoms with Gasteiger partial charge >= 0.3 is 0 Å². The third-order valence-corrected chi connectivity index (χ3v) is 3.71. The number of halogens is 1. The molecule has 5 heteroatoms. The van der Waals surface area contributed by atoms with E-state index in [1.165, 1.54) is 0 Å². The lowest BCUT2D eigenvalue weighted by Gasteiger charge is -2.36. The van der Waals surface area contributed by atoms with E-state index in [2.05, 4.69) is 29.0 Å². The molecule has 1 N–H and O–H groups in total. The number of anilines is 1. The summed E-state index contributed by atoms with van der Waals surface area (Å²) in [6.07, 6.45) is 2.95. The molecule has 1 aliphatic heterocycles. The van der Waals surface area contributed by atoms with Crippen LogP contribution >= 0.6 is 11.6 Å². The van der Waals surface area contributed by atoms with Crippen LogP contribution in [0.15, 0.2) is 12.3 Å². The first kappa shape index (κ1) is 14.6. The zero-order chi connectivity index (χ0) is 13.7. The second kappa shape index (κ2) is 7.08. The fraction of sp³-hybridized carbons (Fsp3) is 0.643. The van der Waals surface area contributed by atoms with Gasteiger partial charge in [-0.1, -0.05) is 25.4 Å². The van der Waals surface area contributed by atoms with Gasteiger partial charge in [0, 0.05) is 19.3 Å². The van der Waals surface area contributed by atoms with E-state index >= 15 is 0 Å². The molecule has 19 heavy (non-hydrogen) atoms. The van der Waals surface area contributed by atoms with Crippen molar-refractivity contribution in [1.82, 2.24) is 10.3 Å². The molecular formula is C14H22ClN3O. The Morgan fingerprint density at radius 1 is 1.53 bits per heavy atom. The molecule has 1 atom stereocenters. The van der Waals surface area contributed by atoms with Gasteiger partial charge in [-0.05, 0) is 24.6 Å². The summed E-state index contributed by atoms with van der Waals surface area (Å²) in [6, 6.07) is 2.38. The van der Waals surface area contributed by atoms with Crippen LogP contribution in [0.5, 0.6) is 0 Å². The second-order valence-electron chi connectivity index (χ2n) is 4.76. The van der Waals surface area contributed by atoms with Gasteiger partial charge in [0.05, 0.1) is 24.3 Å². The fourth-order valence-electron chi connectivity index (χ4n) is 2.32. The van der Waals surface area contributed by atoms with E-state index in [-0.39, 0.29) is 0 Å².